The molecule has 1 heterocycles. The minimum absolute atomic E-state index is 0.112. The van der Waals surface area contributed by atoms with Crippen LogP contribution in [0.15, 0.2) is 60.8 Å². The van der Waals surface area contributed by atoms with Gasteiger partial charge in [-0.05, 0) is 30.3 Å². The molecule has 1 N–H and O–H groups in total. The summed E-state index contributed by atoms with van der Waals surface area (Å²) in [4.78, 5) is 30.1. The maximum absolute atomic E-state index is 12.5. The molecule has 0 aliphatic rings. The summed E-state index contributed by atoms with van der Waals surface area (Å²) in [6.45, 7) is 1.30. The second-order valence-electron chi connectivity index (χ2n) is 5.51. The van der Waals surface area contributed by atoms with Crippen molar-refractivity contribution in [2.45, 2.75) is 6.92 Å². The van der Waals surface area contributed by atoms with E-state index in [0.717, 1.165) is 5.39 Å². The van der Waals surface area contributed by atoms with E-state index in [0.29, 0.717) is 21.9 Å². The minimum Gasteiger partial charge on any atom is -0.323 e. The van der Waals surface area contributed by atoms with Crippen LogP contribution in [0.3, 0.4) is 0 Å². The number of hydrogen-bond donors (Lipinski definition) is 1. The molecule has 0 aliphatic heterocycles. The fraction of sp³-hybridized carbons (Fsp3) is 0.105. The van der Waals surface area contributed by atoms with Gasteiger partial charge in [-0.25, -0.2) is 0 Å². The molecule has 0 saturated carbocycles. The lowest BCUT2D eigenvalue weighted by Crippen LogP contribution is -2.36. The average molecular weight is 354 g/mol. The lowest BCUT2D eigenvalue weighted by Gasteiger charge is -2.21. The van der Waals surface area contributed by atoms with Crippen LogP contribution < -0.4 is 10.2 Å². The van der Waals surface area contributed by atoms with Crippen molar-refractivity contribution in [3.8, 4) is 0 Å². The van der Waals surface area contributed by atoms with E-state index in [9.17, 15) is 9.59 Å². The number of hydrogen-bond acceptors (Lipinski definition) is 3. The molecule has 3 rings (SSSR count). The molecule has 0 unspecified atom stereocenters. The Morgan fingerprint density at radius 2 is 1.88 bits per heavy atom. The molecule has 25 heavy (non-hydrogen) atoms. The maximum atomic E-state index is 12.5. The molecular formula is C19H16ClN3O2. The Kier molecular flexibility index (Phi) is 4.95. The number of carbonyl (C=O) groups excluding carboxylic acids is 2. The Morgan fingerprint density at radius 1 is 1.12 bits per heavy atom. The molecule has 5 nitrogen and oxygen atoms in total. The zero-order valence-electron chi connectivity index (χ0n) is 13.6. The highest BCUT2D eigenvalue weighted by atomic mass is 35.5. The molecule has 6 heteroatoms. The third-order valence-electron chi connectivity index (χ3n) is 3.71. The number of rotatable bonds is 4. The average Bonchev–Trinajstić information content (AvgIpc) is 2.60. The number of aromatic nitrogens is 1. The van der Waals surface area contributed by atoms with Crippen LogP contribution in [-0.2, 0) is 9.59 Å². The third-order valence-corrected chi connectivity index (χ3v) is 3.94. The largest absolute Gasteiger partial charge is 0.323 e. The van der Waals surface area contributed by atoms with Gasteiger partial charge in [0.25, 0.3) is 0 Å². The zero-order chi connectivity index (χ0) is 17.8. The highest BCUT2D eigenvalue weighted by Crippen LogP contribution is 2.22. The van der Waals surface area contributed by atoms with Gasteiger partial charge in [0, 0.05) is 29.2 Å². The van der Waals surface area contributed by atoms with Crippen molar-refractivity contribution in [1.82, 2.24) is 4.98 Å². The number of fused-ring (bicyclic) bond motifs is 1. The topological polar surface area (TPSA) is 62.3 Å². The number of nitrogens with one attached hydrogen (secondary N) is 1. The first-order valence-electron chi connectivity index (χ1n) is 7.72. The first-order chi connectivity index (χ1) is 12.0. The number of halogens is 1. The second-order valence-corrected chi connectivity index (χ2v) is 5.95. The highest BCUT2D eigenvalue weighted by Gasteiger charge is 2.17. The van der Waals surface area contributed by atoms with E-state index in [1.807, 2.05) is 24.3 Å². The molecule has 2 amide bonds. The van der Waals surface area contributed by atoms with Crippen molar-refractivity contribution in [2.24, 2.45) is 0 Å². The fourth-order valence-corrected chi connectivity index (χ4v) is 2.75. The number of carbonyl (C=O) groups is 2. The molecule has 0 fully saturated rings. The molecule has 0 atom stereocenters. The van der Waals surface area contributed by atoms with Gasteiger partial charge in [-0.3, -0.25) is 14.6 Å². The highest BCUT2D eigenvalue weighted by molar-refractivity contribution is 6.31. The number of amides is 2. The van der Waals surface area contributed by atoms with Crippen LogP contribution in [0.4, 0.5) is 11.4 Å². The molecule has 0 radical (unpaired) electrons. The Balaban J connectivity index is 1.81. The quantitative estimate of drug-likeness (QED) is 0.774. The van der Waals surface area contributed by atoms with Gasteiger partial charge in [-0.1, -0.05) is 35.9 Å². The smallest absolute Gasteiger partial charge is 0.244 e. The number of nitrogens with zero attached hydrogens (tertiary/aromatic N) is 2. The van der Waals surface area contributed by atoms with Crippen LogP contribution in [0.25, 0.3) is 10.9 Å². The van der Waals surface area contributed by atoms with Crippen molar-refractivity contribution >= 4 is 45.7 Å². The molecule has 0 bridgehead atoms. The number of para-hydroxylation sites is 1. The normalized spacial score (nSPS) is 10.5. The van der Waals surface area contributed by atoms with Gasteiger partial charge in [0.05, 0.1) is 11.2 Å². The maximum Gasteiger partial charge on any atom is 0.244 e. The third kappa shape index (κ3) is 3.95. The predicted octanol–water partition coefficient (Wildman–Crippen LogP) is 3.88. The van der Waals surface area contributed by atoms with Crippen molar-refractivity contribution < 1.29 is 9.59 Å². The van der Waals surface area contributed by atoms with Crippen LogP contribution in [0.1, 0.15) is 6.92 Å². The molecule has 126 valence electrons. The van der Waals surface area contributed by atoms with E-state index >= 15 is 0 Å². The van der Waals surface area contributed by atoms with Crippen LogP contribution >= 0.6 is 11.6 Å². The van der Waals surface area contributed by atoms with E-state index in [2.05, 4.69) is 10.3 Å². The summed E-state index contributed by atoms with van der Waals surface area (Å²) in [7, 11) is 0. The van der Waals surface area contributed by atoms with Crippen LogP contribution in [0.2, 0.25) is 5.02 Å². The summed E-state index contributed by atoms with van der Waals surface area (Å²) in [6.07, 6.45) is 1.67. The molecule has 0 spiro atoms. The van der Waals surface area contributed by atoms with E-state index < -0.39 is 0 Å². The standard InChI is InChI=1S/C19H16ClN3O2/c1-13(24)23(16-8-3-7-15(20)11-16)12-18(25)22-17-9-2-5-14-6-4-10-21-19(14)17/h2-11H,12H2,1H3,(H,22,25). The minimum atomic E-state index is -0.312. The second kappa shape index (κ2) is 7.32. The molecule has 0 aliphatic carbocycles. The summed E-state index contributed by atoms with van der Waals surface area (Å²) >= 11 is 5.98. The lowest BCUT2D eigenvalue weighted by molar-refractivity contribution is -0.120. The van der Waals surface area contributed by atoms with Gasteiger partial charge in [0.2, 0.25) is 11.8 Å². The SMILES string of the molecule is CC(=O)N(CC(=O)Nc1cccc2cccnc12)c1cccc(Cl)c1. The van der Waals surface area contributed by atoms with Gasteiger partial charge in [-0.2, -0.15) is 0 Å². The predicted molar refractivity (Wildman–Crippen MR) is 99.9 cm³/mol. The Labute approximate surface area is 150 Å². The molecule has 3 aromatic rings. The zero-order valence-corrected chi connectivity index (χ0v) is 14.3. The van der Waals surface area contributed by atoms with Gasteiger partial charge in [0.1, 0.15) is 6.54 Å². The van der Waals surface area contributed by atoms with Gasteiger partial charge in [-0.15, -0.1) is 0 Å². The summed E-state index contributed by atoms with van der Waals surface area (Å²) in [6, 6.07) is 16.1. The molecule has 2 aromatic carbocycles. The fourth-order valence-electron chi connectivity index (χ4n) is 2.57. The van der Waals surface area contributed by atoms with Gasteiger partial charge < -0.3 is 10.2 Å². The van der Waals surface area contributed by atoms with Crippen molar-refractivity contribution in [3.05, 3.63) is 65.8 Å². The van der Waals surface area contributed by atoms with Crippen LogP contribution in [0, 0.1) is 0 Å². The van der Waals surface area contributed by atoms with Crippen molar-refractivity contribution in [3.63, 3.8) is 0 Å². The lowest BCUT2D eigenvalue weighted by atomic mass is 10.2. The van der Waals surface area contributed by atoms with Crippen LogP contribution in [-0.4, -0.2) is 23.3 Å². The Morgan fingerprint density at radius 3 is 2.64 bits per heavy atom. The van der Waals surface area contributed by atoms with Gasteiger partial charge >= 0.3 is 0 Å². The Hall–Kier alpha value is -2.92. The first kappa shape index (κ1) is 16.9. The van der Waals surface area contributed by atoms with Crippen molar-refractivity contribution in [2.75, 3.05) is 16.8 Å². The molecule has 1 aromatic heterocycles. The van der Waals surface area contributed by atoms with Crippen molar-refractivity contribution in [1.29, 1.82) is 0 Å². The van der Waals surface area contributed by atoms with E-state index in [1.165, 1.54) is 11.8 Å². The number of pyridine rings is 1. The summed E-state index contributed by atoms with van der Waals surface area (Å²) in [5.41, 5.74) is 1.89. The first-order valence-corrected chi connectivity index (χ1v) is 8.09. The van der Waals surface area contributed by atoms with Gasteiger partial charge in [0.15, 0.2) is 0 Å². The monoisotopic (exact) mass is 353 g/mol. The summed E-state index contributed by atoms with van der Waals surface area (Å²) < 4.78 is 0. The van der Waals surface area contributed by atoms with E-state index in [4.69, 9.17) is 11.6 Å². The summed E-state index contributed by atoms with van der Waals surface area (Å²) in [5, 5.41) is 4.26. The number of benzene rings is 2. The summed E-state index contributed by atoms with van der Waals surface area (Å²) in [5.74, 6) is -0.554. The molecular weight excluding hydrogens is 338 g/mol. The molecule has 0 saturated heterocycles. The Bertz CT molecular complexity index is 937. The van der Waals surface area contributed by atoms with E-state index in [1.54, 1.807) is 36.5 Å². The van der Waals surface area contributed by atoms with E-state index in [-0.39, 0.29) is 18.4 Å². The number of anilines is 2. The van der Waals surface area contributed by atoms with Crippen LogP contribution in [0.5, 0.6) is 0 Å².